The fourth-order valence-electron chi connectivity index (χ4n) is 2.39. The summed E-state index contributed by atoms with van der Waals surface area (Å²) in [4.78, 5) is 11.9. The highest BCUT2D eigenvalue weighted by atomic mass is 19.4. The highest BCUT2D eigenvalue weighted by Gasteiger charge is 2.29. The number of hydrogen-bond donors (Lipinski definition) is 2. The van der Waals surface area contributed by atoms with Gasteiger partial charge in [0.2, 0.25) is 0 Å². The van der Waals surface area contributed by atoms with Crippen molar-refractivity contribution >= 4 is 11.6 Å². The Labute approximate surface area is 132 Å². The third kappa shape index (κ3) is 4.74. The third-order valence-corrected chi connectivity index (χ3v) is 3.65. The molecule has 4 nitrogen and oxygen atoms in total. The zero-order valence-electron chi connectivity index (χ0n) is 12.3. The van der Waals surface area contributed by atoms with Crippen LogP contribution in [-0.4, -0.2) is 11.9 Å². The van der Waals surface area contributed by atoms with Crippen molar-refractivity contribution in [2.45, 2.75) is 37.9 Å². The average Bonchev–Trinajstić information content (AvgIpc) is 3.00. The van der Waals surface area contributed by atoms with Crippen LogP contribution in [0, 0.1) is 11.3 Å². The standard InChI is InChI=1S/C16H16F3N3O/c17-16(18,19)12-5-7-13(8-6-12)21-10-11(9-20)15(23)22-14-3-1-2-4-14/h5-8,10,14,21H,1-4H2,(H,22,23)/b11-10-. The number of anilines is 1. The summed E-state index contributed by atoms with van der Waals surface area (Å²) in [6.07, 6.45) is 0.717. The molecular formula is C16H16F3N3O. The van der Waals surface area contributed by atoms with Gasteiger partial charge in [0.1, 0.15) is 11.6 Å². The number of alkyl halides is 3. The van der Waals surface area contributed by atoms with Crippen LogP contribution in [0.15, 0.2) is 36.0 Å². The number of nitrogens with zero attached hydrogens (tertiary/aromatic N) is 1. The van der Waals surface area contributed by atoms with E-state index < -0.39 is 17.6 Å². The van der Waals surface area contributed by atoms with Crippen molar-refractivity contribution in [1.29, 1.82) is 5.26 Å². The van der Waals surface area contributed by atoms with Crippen LogP contribution in [0.5, 0.6) is 0 Å². The van der Waals surface area contributed by atoms with Crippen molar-refractivity contribution in [2.75, 3.05) is 5.32 Å². The molecule has 1 aliphatic carbocycles. The van der Waals surface area contributed by atoms with Gasteiger partial charge in [-0.1, -0.05) is 12.8 Å². The monoisotopic (exact) mass is 323 g/mol. The molecule has 0 heterocycles. The first-order valence-corrected chi connectivity index (χ1v) is 7.25. The van der Waals surface area contributed by atoms with Gasteiger partial charge in [-0.25, -0.2) is 0 Å². The van der Waals surface area contributed by atoms with Crippen molar-refractivity contribution in [1.82, 2.24) is 5.32 Å². The summed E-state index contributed by atoms with van der Waals surface area (Å²) in [5, 5.41) is 14.5. The molecule has 23 heavy (non-hydrogen) atoms. The Bertz CT molecular complexity index is 623. The molecule has 1 fully saturated rings. The van der Waals surface area contributed by atoms with Gasteiger partial charge in [0, 0.05) is 17.9 Å². The molecular weight excluding hydrogens is 307 g/mol. The summed E-state index contributed by atoms with van der Waals surface area (Å²) in [6, 6.07) is 6.22. The number of rotatable bonds is 4. The van der Waals surface area contributed by atoms with E-state index in [1.165, 1.54) is 18.3 Å². The van der Waals surface area contributed by atoms with Gasteiger partial charge in [-0.05, 0) is 37.1 Å². The van der Waals surface area contributed by atoms with E-state index in [0.717, 1.165) is 37.8 Å². The lowest BCUT2D eigenvalue weighted by Gasteiger charge is -2.11. The maximum Gasteiger partial charge on any atom is 0.416 e. The molecule has 1 aromatic carbocycles. The maximum absolute atomic E-state index is 12.5. The molecule has 122 valence electrons. The first-order valence-electron chi connectivity index (χ1n) is 7.25. The minimum absolute atomic E-state index is 0.0883. The van der Waals surface area contributed by atoms with Crippen molar-refractivity contribution < 1.29 is 18.0 Å². The van der Waals surface area contributed by atoms with Crippen molar-refractivity contribution in [3.8, 4) is 6.07 Å². The van der Waals surface area contributed by atoms with Gasteiger partial charge in [-0.2, -0.15) is 18.4 Å². The minimum Gasteiger partial charge on any atom is -0.360 e. The van der Waals surface area contributed by atoms with Gasteiger partial charge in [0.15, 0.2) is 0 Å². The Hall–Kier alpha value is -2.49. The molecule has 0 saturated heterocycles. The van der Waals surface area contributed by atoms with E-state index >= 15 is 0 Å². The Morgan fingerprint density at radius 3 is 2.35 bits per heavy atom. The zero-order chi connectivity index (χ0) is 16.9. The number of nitriles is 1. The van der Waals surface area contributed by atoms with E-state index in [0.29, 0.717) is 5.69 Å². The lowest BCUT2D eigenvalue weighted by molar-refractivity contribution is -0.137. The molecule has 0 bridgehead atoms. The van der Waals surface area contributed by atoms with Crippen LogP contribution in [0.3, 0.4) is 0 Å². The lowest BCUT2D eigenvalue weighted by Crippen LogP contribution is -2.33. The first kappa shape index (κ1) is 16.9. The van der Waals surface area contributed by atoms with E-state index in [2.05, 4.69) is 10.6 Å². The van der Waals surface area contributed by atoms with Gasteiger partial charge in [0.05, 0.1) is 5.56 Å². The number of amides is 1. The number of hydrogen-bond acceptors (Lipinski definition) is 3. The molecule has 1 amide bonds. The molecule has 1 saturated carbocycles. The van der Waals surface area contributed by atoms with E-state index in [4.69, 9.17) is 5.26 Å². The minimum atomic E-state index is -4.40. The number of carbonyl (C=O) groups is 1. The summed E-state index contributed by atoms with van der Waals surface area (Å²) < 4.78 is 37.4. The molecule has 2 N–H and O–H groups in total. The second-order valence-corrected chi connectivity index (χ2v) is 5.34. The van der Waals surface area contributed by atoms with Gasteiger partial charge < -0.3 is 10.6 Å². The second kappa shape index (κ2) is 7.18. The fraction of sp³-hybridized carbons (Fsp3) is 0.375. The molecule has 1 aromatic rings. The summed E-state index contributed by atoms with van der Waals surface area (Å²) >= 11 is 0. The summed E-state index contributed by atoms with van der Waals surface area (Å²) in [5.41, 5.74) is -0.511. The smallest absolute Gasteiger partial charge is 0.360 e. The van der Waals surface area contributed by atoms with Gasteiger partial charge in [-0.3, -0.25) is 4.79 Å². The van der Waals surface area contributed by atoms with E-state index in [1.807, 2.05) is 0 Å². The number of benzene rings is 1. The van der Waals surface area contributed by atoms with Gasteiger partial charge in [0.25, 0.3) is 5.91 Å². The lowest BCUT2D eigenvalue weighted by atomic mass is 10.2. The fourth-order valence-corrected chi connectivity index (χ4v) is 2.39. The summed E-state index contributed by atoms with van der Waals surface area (Å²) in [6.45, 7) is 0. The maximum atomic E-state index is 12.5. The van der Waals surface area contributed by atoms with Crippen LogP contribution in [0.25, 0.3) is 0 Å². The molecule has 0 unspecified atom stereocenters. The second-order valence-electron chi connectivity index (χ2n) is 5.34. The summed E-state index contributed by atoms with van der Waals surface area (Å²) in [7, 11) is 0. The predicted octanol–water partition coefficient (Wildman–Crippen LogP) is 3.58. The van der Waals surface area contributed by atoms with Gasteiger partial charge in [-0.15, -0.1) is 0 Å². The molecule has 1 aliphatic rings. The van der Waals surface area contributed by atoms with Gasteiger partial charge >= 0.3 is 6.18 Å². The van der Waals surface area contributed by atoms with Crippen LogP contribution in [0.4, 0.5) is 18.9 Å². The predicted molar refractivity (Wildman–Crippen MR) is 79.2 cm³/mol. The van der Waals surface area contributed by atoms with E-state index in [1.54, 1.807) is 6.07 Å². The average molecular weight is 323 g/mol. The molecule has 0 spiro atoms. The third-order valence-electron chi connectivity index (χ3n) is 3.65. The normalized spacial score (nSPS) is 16.0. The van der Waals surface area contributed by atoms with Crippen molar-refractivity contribution in [2.24, 2.45) is 0 Å². The largest absolute Gasteiger partial charge is 0.416 e. The first-order chi connectivity index (χ1) is 10.9. The zero-order valence-corrected chi connectivity index (χ0v) is 12.3. The van der Waals surface area contributed by atoms with Crippen LogP contribution >= 0.6 is 0 Å². The highest BCUT2D eigenvalue weighted by molar-refractivity contribution is 5.97. The topological polar surface area (TPSA) is 64.9 Å². The number of carbonyl (C=O) groups excluding carboxylic acids is 1. The SMILES string of the molecule is N#C/C(=C/Nc1ccc(C(F)(F)F)cc1)C(=O)NC1CCCC1. The Morgan fingerprint density at radius 1 is 1.22 bits per heavy atom. The molecule has 0 atom stereocenters. The molecule has 0 aliphatic heterocycles. The van der Waals surface area contributed by atoms with Crippen LogP contribution in [0.2, 0.25) is 0 Å². The van der Waals surface area contributed by atoms with E-state index in [-0.39, 0.29) is 11.6 Å². The molecule has 0 aromatic heterocycles. The van der Waals surface area contributed by atoms with Crippen LogP contribution < -0.4 is 10.6 Å². The Kier molecular flexibility index (Phi) is 5.27. The highest BCUT2D eigenvalue weighted by Crippen LogP contribution is 2.29. The number of nitrogens with one attached hydrogen (secondary N) is 2. The van der Waals surface area contributed by atoms with Crippen LogP contribution in [0.1, 0.15) is 31.2 Å². The summed E-state index contributed by atoms with van der Waals surface area (Å²) in [5.74, 6) is -0.473. The quantitative estimate of drug-likeness (QED) is 0.657. The molecule has 0 radical (unpaired) electrons. The van der Waals surface area contributed by atoms with Crippen LogP contribution in [-0.2, 0) is 11.0 Å². The number of halogens is 3. The molecule has 2 rings (SSSR count). The van der Waals surface area contributed by atoms with Crippen molar-refractivity contribution in [3.63, 3.8) is 0 Å². The molecule has 7 heteroatoms. The Balaban J connectivity index is 1.98. The van der Waals surface area contributed by atoms with E-state index in [9.17, 15) is 18.0 Å². The van der Waals surface area contributed by atoms with Crippen molar-refractivity contribution in [3.05, 3.63) is 41.6 Å². The Morgan fingerprint density at radius 2 is 1.83 bits per heavy atom.